The highest BCUT2D eigenvalue weighted by Gasteiger charge is 2.15. The van der Waals surface area contributed by atoms with E-state index in [0.29, 0.717) is 36.5 Å². The van der Waals surface area contributed by atoms with E-state index in [1.807, 2.05) is 36.4 Å². The van der Waals surface area contributed by atoms with Gasteiger partial charge in [-0.3, -0.25) is 14.3 Å². The molecule has 0 aliphatic carbocycles. The summed E-state index contributed by atoms with van der Waals surface area (Å²) in [4.78, 5) is 21.4. The van der Waals surface area contributed by atoms with E-state index in [4.69, 9.17) is 4.74 Å². The van der Waals surface area contributed by atoms with Crippen LogP contribution in [0.5, 0.6) is 0 Å². The van der Waals surface area contributed by atoms with E-state index in [1.54, 1.807) is 10.8 Å². The Morgan fingerprint density at radius 3 is 3.00 bits per heavy atom. The highest BCUT2D eigenvalue weighted by Crippen LogP contribution is 2.21. The molecule has 0 amide bonds. The molecule has 4 rings (SSSR count). The largest absolute Gasteiger partial charge is 0.372 e. The van der Waals surface area contributed by atoms with Crippen LogP contribution in [-0.2, 0) is 17.9 Å². The summed E-state index contributed by atoms with van der Waals surface area (Å²) in [5, 5.41) is 0.639. The fraction of sp³-hybridized carbons (Fsp3) is 0.188. The first-order chi connectivity index (χ1) is 10.3. The zero-order chi connectivity index (χ0) is 14.2. The molecule has 0 N–H and O–H groups in total. The lowest BCUT2D eigenvalue weighted by molar-refractivity contribution is 0.0788. The van der Waals surface area contributed by atoms with Crippen LogP contribution in [0.15, 0.2) is 47.4 Å². The van der Waals surface area contributed by atoms with Crippen molar-refractivity contribution >= 4 is 10.9 Å². The van der Waals surface area contributed by atoms with Crippen LogP contribution in [-0.4, -0.2) is 21.1 Å². The van der Waals surface area contributed by atoms with E-state index in [9.17, 15) is 4.79 Å². The minimum Gasteiger partial charge on any atom is -0.372 e. The Bertz CT molecular complexity index is 872. The van der Waals surface area contributed by atoms with Gasteiger partial charge in [0, 0.05) is 11.8 Å². The second kappa shape index (κ2) is 4.79. The smallest absolute Gasteiger partial charge is 0.261 e. The van der Waals surface area contributed by atoms with E-state index in [0.717, 1.165) is 11.3 Å². The number of benzene rings is 1. The fourth-order valence-corrected chi connectivity index (χ4v) is 2.62. The summed E-state index contributed by atoms with van der Waals surface area (Å²) in [6.07, 6.45) is 1.75. The maximum Gasteiger partial charge on any atom is 0.261 e. The van der Waals surface area contributed by atoms with Crippen LogP contribution in [0.1, 0.15) is 5.82 Å². The van der Waals surface area contributed by atoms with Gasteiger partial charge in [-0.25, -0.2) is 4.98 Å². The number of nitrogens with zero attached hydrogens (tertiary/aromatic N) is 3. The molecule has 1 aliphatic rings. The lowest BCUT2D eigenvalue weighted by Crippen LogP contribution is -2.31. The number of rotatable bonds is 1. The number of fused-ring (bicyclic) bond motifs is 2. The Morgan fingerprint density at radius 2 is 2.14 bits per heavy atom. The molecule has 0 atom stereocenters. The molecule has 5 heteroatoms. The van der Waals surface area contributed by atoms with Crippen LogP contribution in [0.2, 0.25) is 0 Å². The average Bonchev–Trinajstić information content (AvgIpc) is 2.55. The molecule has 0 fully saturated rings. The molecule has 0 spiro atoms. The summed E-state index contributed by atoms with van der Waals surface area (Å²) in [6.45, 7) is 1.52. The molecule has 0 saturated heterocycles. The molecule has 3 aromatic rings. The number of ether oxygens (including phenoxy) is 1. The molecule has 1 aliphatic heterocycles. The van der Waals surface area contributed by atoms with Crippen LogP contribution in [0.3, 0.4) is 0 Å². The third kappa shape index (κ3) is 2.02. The van der Waals surface area contributed by atoms with Gasteiger partial charge >= 0.3 is 0 Å². The number of hydrogen-bond acceptors (Lipinski definition) is 4. The number of aromatic nitrogens is 3. The topological polar surface area (TPSA) is 57.0 Å². The van der Waals surface area contributed by atoms with Gasteiger partial charge in [0.2, 0.25) is 0 Å². The van der Waals surface area contributed by atoms with E-state index in [1.165, 1.54) is 0 Å². The van der Waals surface area contributed by atoms with Crippen molar-refractivity contribution in [3.8, 4) is 11.3 Å². The summed E-state index contributed by atoms with van der Waals surface area (Å²) >= 11 is 0. The van der Waals surface area contributed by atoms with Gasteiger partial charge in [-0.15, -0.1) is 0 Å². The Balaban J connectivity index is 1.94. The summed E-state index contributed by atoms with van der Waals surface area (Å²) in [5.74, 6) is 0.692. The molecule has 0 unspecified atom stereocenters. The predicted molar refractivity (Wildman–Crippen MR) is 78.9 cm³/mol. The summed E-state index contributed by atoms with van der Waals surface area (Å²) < 4.78 is 7.08. The van der Waals surface area contributed by atoms with E-state index < -0.39 is 0 Å². The zero-order valence-electron chi connectivity index (χ0n) is 11.3. The Hall–Kier alpha value is -2.53. The standard InChI is InChI=1S/C16H13N3O2/c20-16-12-5-4-11(13-3-1-2-6-17-13)9-14(12)18-15-10-21-8-7-19(15)16/h1-6,9H,7-8,10H2. The maximum atomic E-state index is 12.5. The number of hydrogen-bond donors (Lipinski definition) is 0. The SMILES string of the molecule is O=c1c2ccc(-c3ccccn3)cc2nc2n1CCOC2. The Labute approximate surface area is 120 Å². The quantitative estimate of drug-likeness (QED) is 0.683. The molecule has 3 heterocycles. The third-order valence-corrected chi connectivity index (χ3v) is 3.69. The first-order valence-corrected chi connectivity index (χ1v) is 6.85. The molecular formula is C16H13N3O2. The summed E-state index contributed by atoms with van der Waals surface area (Å²) in [6, 6.07) is 11.4. The van der Waals surface area contributed by atoms with Crippen LogP contribution in [0, 0.1) is 0 Å². The van der Waals surface area contributed by atoms with Gasteiger partial charge in [0.05, 0.1) is 29.7 Å². The van der Waals surface area contributed by atoms with Crippen LogP contribution in [0.4, 0.5) is 0 Å². The molecule has 104 valence electrons. The highest BCUT2D eigenvalue weighted by molar-refractivity contribution is 5.82. The van der Waals surface area contributed by atoms with Crippen molar-refractivity contribution in [2.45, 2.75) is 13.2 Å². The lowest BCUT2D eigenvalue weighted by Gasteiger charge is -2.18. The van der Waals surface area contributed by atoms with Gasteiger partial charge in [-0.1, -0.05) is 12.1 Å². The highest BCUT2D eigenvalue weighted by atomic mass is 16.5. The van der Waals surface area contributed by atoms with Crippen molar-refractivity contribution in [3.63, 3.8) is 0 Å². The zero-order valence-corrected chi connectivity index (χ0v) is 11.3. The van der Waals surface area contributed by atoms with Crippen molar-refractivity contribution in [2.75, 3.05) is 6.61 Å². The molecule has 0 saturated carbocycles. The molecular weight excluding hydrogens is 266 g/mol. The summed E-state index contributed by atoms with van der Waals surface area (Å²) in [5.41, 5.74) is 2.53. The molecule has 21 heavy (non-hydrogen) atoms. The minimum atomic E-state index is 0.00544. The molecule has 0 bridgehead atoms. The normalized spacial score (nSPS) is 14.1. The number of pyridine rings is 1. The molecule has 1 aromatic carbocycles. The molecule has 2 aromatic heterocycles. The molecule has 0 radical (unpaired) electrons. The van der Waals surface area contributed by atoms with Crippen LogP contribution >= 0.6 is 0 Å². The van der Waals surface area contributed by atoms with E-state index >= 15 is 0 Å². The van der Waals surface area contributed by atoms with Gasteiger partial charge < -0.3 is 4.74 Å². The van der Waals surface area contributed by atoms with Gasteiger partial charge in [0.25, 0.3) is 5.56 Å². The van der Waals surface area contributed by atoms with Crippen molar-refractivity contribution < 1.29 is 4.74 Å². The minimum absolute atomic E-state index is 0.00544. The first-order valence-electron chi connectivity index (χ1n) is 6.85. The predicted octanol–water partition coefficient (Wildman–Crippen LogP) is 1.99. The van der Waals surface area contributed by atoms with Crippen LogP contribution < -0.4 is 5.56 Å². The van der Waals surface area contributed by atoms with E-state index in [-0.39, 0.29) is 5.56 Å². The first kappa shape index (κ1) is 12.2. The Kier molecular flexibility index (Phi) is 2.79. The van der Waals surface area contributed by atoms with Gasteiger partial charge in [0.15, 0.2) is 0 Å². The second-order valence-electron chi connectivity index (χ2n) is 4.98. The fourth-order valence-electron chi connectivity index (χ4n) is 2.62. The van der Waals surface area contributed by atoms with Crippen molar-refractivity contribution in [2.24, 2.45) is 0 Å². The Morgan fingerprint density at radius 1 is 1.19 bits per heavy atom. The third-order valence-electron chi connectivity index (χ3n) is 3.69. The van der Waals surface area contributed by atoms with Gasteiger partial charge in [-0.2, -0.15) is 0 Å². The van der Waals surface area contributed by atoms with Crippen molar-refractivity contribution in [3.05, 3.63) is 58.8 Å². The van der Waals surface area contributed by atoms with Gasteiger partial charge in [0.1, 0.15) is 12.4 Å². The second-order valence-corrected chi connectivity index (χ2v) is 4.98. The lowest BCUT2D eigenvalue weighted by atomic mass is 10.1. The average molecular weight is 279 g/mol. The van der Waals surface area contributed by atoms with Crippen molar-refractivity contribution in [1.82, 2.24) is 14.5 Å². The van der Waals surface area contributed by atoms with Gasteiger partial charge in [-0.05, 0) is 24.3 Å². The molecule has 5 nitrogen and oxygen atoms in total. The van der Waals surface area contributed by atoms with Crippen LogP contribution in [0.25, 0.3) is 22.2 Å². The van der Waals surface area contributed by atoms with Crippen molar-refractivity contribution in [1.29, 1.82) is 0 Å². The maximum absolute atomic E-state index is 12.5. The van der Waals surface area contributed by atoms with E-state index in [2.05, 4.69) is 9.97 Å². The monoisotopic (exact) mass is 279 g/mol. The summed E-state index contributed by atoms with van der Waals surface area (Å²) in [7, 11) is 0.